The van der Waals surface area contributed by atoms with E-state index in [0.29, 0.717) is 25.3 Å². The van der Waals surface area contributed by atoms with E-state index in [1.807, 2.05) is 47.4 Å². The van der Waals surface area contributed by atoms with E-state index in [0.717, 1.165) is 37.1 Å². The molecule has 0 atom stereocenters. The molecule has 7 nitrogen and oxygen atoms in total. The van der Waals surface area contributed by atoms with Crippen LogP contribution in [0.25, 0.3) is 0 Å². The average Bonchev–Trinajstić information content (AvgIpc) is 2.86. The minimum absolute atomic E-state index is 0.126. The third kappa shape index (κ3) is 7.93. The predicted molar refractivity (Wildman–Crippen MR) is 125 cm³/mol. The van der Waals surface area contributed by atoms with Gasteiger partial charge in [-0.05, 0) is 41.9 Å². The Hall–Kier alpha value is -3.35. The van der Waals surface area contributed by atoms with Gasteiger partial charge in [-0.2, -0.15) is 0 Å². The standard InChI is InChI=1S/C26H32N2O5/c1-32-25(30)18-20-9-11-22(12-10-20)23-13-16-28(17-14-23)24(29)8-5-15-27-26(31)33-19-21-6-3-2-4-7-21/h2-4,6-7,9-12,23H,5,8,13-19H2,1H3,(H,27,31). The summed E-state index contributed by atoms with van der Waals surface area (Å²) < 4.78 is 9.87. The van der Waals surface area contributed by atoms with Crippen LogP contribution in [0, 0.1) is 0 Å². The fourth-order valence-electron chi connectivity index (χ4n) is 3.97. The van der Waals surface area contributed by atoms with E-state index < -0.39 is 6.09 Å². The molecule has 0 spiro atoms. The molecular weight excluding hydrogens is 420 g/mol. The zero-order valence-corrected chi connectivity index (χ0v) is 19.1. The summed E-state index contributed by atoms with van der Waals surface area (Å²) in [4.78, 5) is 37.6. The number of ether oxygens (including phenoxy) is 2. The van der Waals surface area contributed by atoms with Crippen molar-refractivity contribution in [2.45, 2.75) is 44.6 Å². The highest BCUT2D eigenvalue weighted by Gasteiger charge is 2.23. The highest BCUT2D eigenvalue weighted by molar-refractivity contribution is 5.76. The van der Waals surface area contributed by atoms with Crippen molar-refractivity contribution >= 4 is 18.0 Å². The van der Waals surface area contributed by atoms with E-state index in [2.05, 4.69) is 17.4 Å². The molecule has 1 aliphatic rings. The van der Waals surface area contributed by atoms with Crippen molar-refractivity contribution in [3.63, 3.8) is 0 Å². The van der Waals surface area contributed by atoms with Gasteiger partial charge < -0.3 is 19.7 Å². The first-order valence-corrected chi connectivity index (χ1v) is 11.4. The van der Waals surface area contributed by atoms with E-state index in [1.54, 1.807) is 0 Å². The Morgan fingerprint density at radius 2 is 1.67 bits per heavy atom. The smallest absolute Gasteiger partial charge is 0.407 e. The molecule has 0 bridgehead atoms. The summed E-state index contributed by atoms with van der Waals surface area (Å²) in [5.41, 5.74) is 3.12. The van der Waals surface area contributed by atoms with Crippen LogP contribution in [0.4, 0.5) is 4.79 Å². The number of likely N-dealkylation sites (tertiary alicyclic amines) is 1. The van der Waals surface area contributed by atoms with E-state index in [-0.39, 0.29) is 24.9 Å². The number of carbonyl (C=O) groups excluding carboxylic acids is 3. The molecule has 7 heteroatoms. The second-order valence-corrected chi connectivity index (χ2v) is 8.24. The third-order valence-corrected chi connectivity index (χ3v) is 5.92. The van der Waals surface area contributed by atoms with E-state index >= 15 is 0 Å². The summed E-state index contributed by atoms with van der Waals surface area (Å²) in [6, 6.07) is 17.6. The molecule has 1 saturated heterocycles. The molecule has 1 aliphatic heterocycles. The number of nitrogens with one attached hydrogen (secondary N) is 1. The zero-order chi connectivity index (χ0) is 23.5. The molecule has 3 rings (SSSR count). The number of nitrogens with zero attached hydrogens (tertiary/aromatic N) is 1. The number of alkyl carbamates (subject to hydrolysis) is 1. The number of rotatable bonds is 9. The minimum atomic E-state index is -0.468. The molecule has 2 aromatic carbocycles. The predicted octanol–water partition coefficient (Wildman–Crippen LogP) is 3.81. The second-order valence-electron chi connectivity index (χ2n) is 8.24. The largest absolute Gasteiger partial charge is 0.469 e. The summed E-state index contributed by atoms with van der Waals surface area (Å²) in [5.74, 6) is 0.303. The fourth-order valence-corrected chi connectivity index (χ4v) is 3.97. The molecule has 176 valence electrons. The highest BCUT2D eigenvalue weighted by atomic mass is 16.5. The van der Waals surface area contributed by atoms with Crippen molar-refractivity contribution in [1.82, 2.24) is 10.2 Å². The maximum atomic E-state index is 12.5. The van der Waals surface area contributed by atoms with Gasteiger partial charge in [-0.3, -0.25) is 9.59 Å². The van der Waals surface area contributed by atoms with Crippen LogP contribution in [0.5, 0.6) is 0 Å². The molecule has 1 N–H and O–H groups in total. The number of benzene rings is 2. The maximum absolute atomic E-state index is 12.5. The number of hydrogen-bond acceptors (Lipinski definition) is 5. The van der Waals surface area contributed by atoms with Crippen molar-refractivity contribution in [2.75, 3.05) is 26.7 Å². The van der Waals surface area contributed by atoms with Gasteiger partial charge in [-0.1, -0.05) is 54.6 Å². The van der Waals surface area contributed by atoms with Crippen LogP contribution < -0.4 is 5.32 Å². The fraction of sp³-hybridized carbons (Fsp3) is 0.423. The number of esters is 1. The van der Waals surface area contributed by atoms with Gasteiger partial charge >= 0.3 is 12.1 Å². The quantitative estimate of drug-likeness (QED) is 0.462. The van der Waals surface area contributed by atoms with Gasteiger partial charge in [-0.25, -0.2) is 4.79 Å². The van der Waals surface area contributed by atoms with Crippen LogP contribution in [-0.2, 0) is 32.1 Å². The molecule has 0 unspecified atom stereocenters. The van der Waals surface area contributed by atoms with Crippen molar-refractivity contribution in [1.29, 1.82) is 0 Å². The lowest BCUT2D eigenvalue weighted by molar-refractivity contribution is -0.139. The van der Waals surface area contributed by atoms with E-state index in [4.69, 9.17) is 9.47 Å². The number of methoxy groups -OCH3 is 1. The molecule has 1 heterocycles. The summed E-state index contributed by atoms with van der Waals surface area (Å²) in [6.07, 6.45) is 2.65. The van der Waals surface area contributed by atoms with Crippen molar-refractivity contribution < 1.29 is 23.9 Å². The van der Waals surface area contributed by atoms with Gasteiger partial charge in [0.1, 0.15) is 6.61 Å². The highest BCUT2D eigenvalue weighted by Crippen LogP contribution is 2.28. The monoisotopic (exact) mass is 452 g/mol. The molecule has 0 radical (unpaired) electrons. The number of piperidine rings is 1. The Kier molecular flexibility index (Phi) is 9.30. The molecule has 0 aliphatic carbocycles. The first kappa shape index (κ1) is 24.3. The van der Waals surface area contributed by atoms with Crippen molar-refractivity contribution in [3.8, 4) is 0 Å². The first-order chi connectivity index (χ1) is 16.0. The van der Waals surface area contributed by atoms with Crippen LogP contribution in [0.15, 0.2) is 54.6 Å². The lowest BCUT2D eigenvalue weighted by atomic mass is 9.88. The molecule has 0 aromatic heterocycles. The lowest BCUT2D eigenvalue weighted by Crippen LogP contribution is -2.38. The molecule has 2 aromatic rings. The van der Waals surface area contributed by atoms with Gasteiger partial charge in [0.15, 0.2) is 0 Å². The molecule has 2 amide bonds. The van der Waals surface area contributed by atoms with Crippen molar-refractivity contribution in [2.24, 2.45) is 0 Å². The summed E-state index contributed by atoms with van der Waals surface area (Å²) in [5, 5.41) is 2.70. The minimum Gasteiger partial charge on any atom is -0.469 e. The first-order valence-electron chi connectivity index (χ1n) is 11.4. The van der Waals surface area contributed by atoms with Gasteiger partial charge in [0.2, 0.25) is 5.91 Å². The number of carbonyl (C=O) groups is 3. The Morgan fingerprint density at radius 1 is 0.970 bits per heavy atom. The third-order valence-electron chi connectivity index (χ3n) is 5.92. The Labute approximate surface area is 195 Å². The van der Waals surface area contributed by atoms with Crippen LogP contribution in [0.3, 0.4) is 0 Å². The molecule has 1 fully saturated rings. The Morgan fingerprint density at radius 3 is 2.33 bits per heavy atom. The zero-order valence-electron chi connectivity index (χ0n) is 19.1. The lowest BCUT2D eigenvalue weighted by Gasteiger charge is -2.32. The van der Waals surface area contributed by atoms with Crippen LogP contribution in [-0.4, -0.2) is 49.6 Å². The maximum Gasteiger partial charge on any atom is 0.407 e. The topological polar surface area (TPSA) is 84.9 Å². The Balaban J connectivity index is 1.31. The SMILES string of the molecule is COC(=O)Cc1ccc(C2CCN(C(=O)CCCNC(=O)OCc3ccccc3)CC2)cc1. The van der Waals surface area contributed by atoms with E-state index in [9.17, 15) is 14.4 Å². The van der Waals surface area contributed by atoms with Crippen LogP contribution >= 0.6 is 0 Å². The number of amides is 2. The van der Waals surface area contributed by atoms with Crippen molar-refractivity contribution in [3.05, 3.63) is 71.3 Å². The van der Waals surface area contributed by atoms with Gasteiger partial charge in [0.25, 0.3) is 0 Å². The van der Waals surface area contributed by atoms with Gasteiger partial charge in [0, 0.05) is 26.1 Å². The van der Waals surface area contributed by atoms with Crippen LogP contribution in [0.1, 0.15) is 48.3 Å². The Bertz CT molecular complexity index is 906. The molecular formula is C26H32N2O5. The van der Waals surface area contributed by atoms with E-state index in [1.165, 1.54) is 12.7 Å². The average molecular weight is 453 g/mol. The summed E-state index contributed by atoms with van der Waals surface area (Å²) >= 11 is 0. The van der Waals surface area contributed by atoms with Gasteiger partial charge in [-0.15, -0.1) is 0 Å². The van der Waals surface area contributed by atoms with Gasteiger partial charge in [0.05, 0.1) is 13.5 Å². The second kappa shape index (κ2) is 12.6. The normalized spacial score (nSPS) is 13.9. The molecule has 0 saturated carbocycles. The summed E-state index contributed by atoms with van der Waals surface area (Å²) in [7, 11) is 1.39. The number of hydrogen-bond donors (Lipinski definition) is 1. The van der Waals surface area contributed by atoms with Crippen LogP contribution in [0.2, 0.25) is 0 Å². The molecule has 33 heavy (non-hydrogen) atoms. The summed E-state index contributed by atoms with van der Waals surface area (Å²) in [6.45, 7) is 2.11.